The molecule has 6 heteroatoms. The second kappa shape index (κ2) is 16.0. The van der Waals surface area contributed by atoms with Crippen molar-refractivity contribution in [3.8, 4) is 0 Å². The molecule has 174 valence electrons. The Morgan fingerprint density at radius 1 is 1.10 bits per heavy atom. The van der Waals surface area contributed by atoms with Gasteiger partial charge in [0.1, 0.15) is 6.04 Å². The minimum absolute atomic E-state index is 0.219. The molecule has 1 unspecified atom stereocenters. The first-order chi connectivity index (χ1) is 14.8. The zero-order valence-electron chi connectivity index (χ0n) is 20.8. The summed E-state index contributed by atoms with van der Waals surface area (Å²) < 4.78 is 0. The number of rotatable bonds is 2. The van der Waals surface area contributed by atoms with E-state index in [2.05, 4.69) is 11.9 Å². The van der Waals surface area contributed by atoms with Crippen LogP contribution in [-0.4, -0.2) is 34.9 Å². The van der Waals surface area contributed by atoms with E-state index in [-0.39, 0.29) is 18.2 Å². The molecule has 3 rings (SSSR count). The number of aryl methyl sites for hydroxylation is 1. The number of carbonyl (C=O) groups excluding carboxylic acids is 3. The third-order valence-electron chi connectivity index (χ3n) is 4.16. The predicted octanol–water partition coefficient (Wildman–Crippen LogP) is 5.60. The summed E-state index contributed by atoms with van der Waals surface area (Å²) in [5, 5.41) is 8.81. The van der Waals surface area contributed by atoms with E-state index in [9.17, 15) is 14.4 Å². The molecule has 6 nitrogen and oxygen atoms in total. The molecule has 2 N–H and O–H groups in total. The summed E-state index contributed by atoms with van der Waals surface area (Å²) in [6, 6.07) is 4.81. The fourth-order valence-corrected chi connectivity index (χ4v) is 2.86. The maximum Gasteiger partial charge on any atom is 0.259 e. The van der Waals surface area contributed by atoms with Gasteiger partial charge in [-0.25, -0.2) is 0 Å². The summed E-state index contributed by atoms with van der Waals surface area (Å²) in [7, 11) is 0. The fourth-order valence-electron chi connectivity index (χ4n) is 2.86. The van der Waals surface area contributed by atoms with Crippen LogP contribution in [0.2, 0.25) is 0 Å². The van der Waals surface area contributed by atoms with Gasteiger partial charge < -0.3 is 5.41 Å². The van der Waals surface area contributed by atoms with Gasteiger partial charge in [0.15, 0.2) is 0 Å². The summed E-state index contributed by atoms with van der Waals surface area (Å²) >= 11 is 0. The molecule has 0 aliphatic carbocycles. The van der Waals surface area contributed by atoms with Crippen LogP contribution in [0.15, 0.2) is 24.8 Å². The molecule has 1 aromatic rings. The minimum atomic E-state index is -0.653. The molecule has 0 bridgehead atoms. The van der Waals surface area contributed by atoms with Gasteiger partial charge in [-0.15, -0.1) is 0 Å². The van der Waals surface area contributed by atoms with Crippen molar-refractivity contribution in [2.75, 3.05) is 0 Å². The second-order valence-electron chi connectivity index (χ2n) is 6.50. The van der Waals surface area contributed by atoms with Crippen molar-refractivity contribution in [2.45, 2.75) is 81.2 Å². The van der Waals surface area contributed by atoms with Gasteiger partial charge in [0.2, 0.25) is 11.8 Å². The van der Waals surface area contributed by atoms with Crippen LogP contribution in [0.1, 0.15) is 89.7 Å². The number of carbonyl (C=O) groups is 3. The molecule has 0 aromatic heterocycles. The largest absolute Gasteiger partial charge is 0.313 e. The maximum atomic E-state index is 12.5. The van der Waals surface area contributed by atoms with E-state index in [1.807, 2.05) is 74.4 Å². The van der Waals surface area contributed by atoms with Gasteiger partial charge >= 0.3 is 0 Å². The third-order valence-corrected chi connectivity index (χ3v) is 4.16. The molecule has 2 aliphatic heterocycles. The lowest BCUT2D eigenvalue weighted by Crippen LogP contribution is -2.52. The van der Waals surface area contributed by atoms with Crippen LogP contribution in [0.3, 0.4) is 0 Å². The Labute approximate surface area is 188 Å². The zero-order valence-corrected chi connectivity index (χ0v) is 20.8. The molecule has 1 atom stereocenters. The maximum absolute atomic E-state index is 12.5. The van der Waals surface area contributed by atoms with Gasteiger partial charge in [0, 0.05) is 23.2 Å². The molecule has 31 heavy (non-hydrogen) atoms. The molecule has 2 heterocycles. The van der Waals surface area contributed by atoms with Crippen molar-refractivity contribution in [3.05, 3.63) is 41.5 Å². The smallest absolute Gasteiger partial charge is 0.259 e. The first-order valence-electron chi connectivity index (χ1n) is 11.2. The Kier molecular flexibility index (Phi) is 15.7. The Morgan fingerprint density at radius 3 is 2.03 bits per heavy atom. The summed E-state index contributed by atoms with van der Waals surface area (Å²) in [6.07, 6.45) is 1.99. The van der Waals surface area contributed by atoms with Gasteiger partial charge in [-0.05, 0) is 37.1 Å². The van der Waals surface area contributed by atoms with Crippen LogP contribution in [0, 0.1) is 18.3 Å². The SMILES string of the molecule is C=C1c2c(C)cccc2C(=O)N1C1CCC(=O)NC1=O.CC.CC.CC.CC(C)C=N. The third kappa shape index (κ3) is 8.12. The minimum Gasteiger partial charge on any atom is -0.313 e. The molecule has 1 fully saturated rings. The lowest BCUT2D eigenvalue weighted by molar-refractivity contribution is -0.136. The summed E-state index contributed by atoms with van der Waals surface area (Å²) in [5.74, 6) is -0.517. The average Bonchev–Trinajstić information content (AvgIpc) is 3.04. The molecule has 0 radical (unpaired) electrons. The molecule has 2 aliphatic rings. The number of piperidine rings is 1. The van der Waals surface area contributed by atoms with Gasteiger partial charge in [-0.1, -0.05) is 74.1 Å². The van der Waals surface area contributed by atoms with E-state index in [1.165, 1.54) is 11.1 Å². The highest BCUT2D eigenvalue weighted by atomic mass is 16.2. The highest BCUT2D eigenvalue weighted by Crippen LogP contribution is 2.36. The van der Waals surface area contributed by atoms with Crippen molar-refractivity contribution in [1.29, 1.82) is 5.41 Å². The van der Waals surface area contributed by atoms with Gasteiger partial charge in [-0.2, -0.15) is 0 Å². The van der Waals surface area contributed by atoms with Crippen LogP contribution >= 0.6 is 0 Å². The number of amides is 3. The van der Waals surface area contributed by atoms with Crippen LogP contribution in [0.25, 0.3) is 5.70 Å². The molecule has 0 saturated carbocycles. The number of nitrogens with one attached hydrogen (secondary N) is 2. The van der Waals surface area contributed by atoms with E-state index in [4.69, 9.17) is 5.41 Å². The van der Waals surface area contributed by atoms with Crippen LogP contribution in [0.5, 0.6) is 0 Å². The van der Waals surface area contributed by atoms with E-state index in [1.54, 1.807) is 6.07 Å². The summed E-state index contributed by atoms with van der Waals surface area (Å²) in [4.78, 5) is 37.1. The van der Waals surface area contributed by atoms with Crippen molar-refractivity contribution in [1.82, 2.24) is 10.2 Å². The Hall–Kier alpha value is -2.76. The summed E-state index contributed by atoms with van der Waals surface area (Å²) in [6.45, 7) is 21.8. The lowest BCUT2D eigenvalue weighted by Gasteiger charge is -2.30. The van der Waals surface area contributed by atoms with Gasteiger partial charge in [0.25, 0.3) is 5.91 Å². The Balaban J connectivity index is 0. The highest BCUT2D eigenvalue weighted by molar-refractivity contribution is 6.13. The highest BCUT2D eigenvalue weighted by Gasteiger charge is 2.41. The number of nitrogens with zero attached hydrogens (tertiary/aromatic N) is 1. The van der Waals surface area contributed by atoms with E-state index < -0.39 is 11.9 Å². The fraction of sp³-hybridized carbons (Fsp3) is 0.520. The van der Waals surface area contributed by atoms with Crippen LogP contribution in [-0.2, 0) is 9.59 Å². The van der Waals surface area contributed by atoms with Crippen molar-refractivity contribution >= 4 is 29.6 Å². The Bertz CT molecular complexity index is 754. The first kappa shape index (κ1) is 30.4. The topological polar surface area (TPSA) is 90.3 Å². The molecule has 0 spiro atoms. The number of fused-ring (bicyclic) bond motifs is 1. The van der Waals surface area contributed by atoms with E-state index in [0.717, 1.165) is 11.1 Å². The van der Waals surface area contributed by atoms with Crippen LogP contribution < -0.4 is 5.32 Å². The second-order valence-corrected chi connectivity index (χ2v) is 6.50. The quantitative estimate of drug-likeness (QED) is 0.472. The molecular formula is C25H41N3O3. The zero-order chi connectivity index (χ0) is 24.7. The lowest BCUT2D eigenvalue weighted by atomic mass is 10.0. The first-order valence-corrected chi connectivity index (χ1v) is 11.2. The van der Waals surface area contributed by atoms with E-state index >= 15 is 0 Å². The Morgan fingerprint density at radius 2 is 1.61 bits per heavy atom. The van der Waals surface area contributed by atoms with Gasteiger partial charge in [0.05, 0.1) is 0 Å². The number of hydrogen-bond donors (Lipinski definition) is 2. The number of hydrogen-bond acceptors (Lipinski definition) is 4. The average molecular weight is 432 g/mol. The normalized spacial score (nSPS) is 16.2. The monoisotopic (exact) mass is 431 g/mol. The predicted molar refractivity (Wildman–Crippen MR) is 130 cm³/mol. The van der Waals surface area contributed by atoms with Crippen molar-refractivity contribution in [3.63, 3.8) is 0 Å². The van der Waals surface area contributed by atoms with Gasteiger partial charge in [-0.3, -0.25) is 24.6 Å². The van der Waals surface area contributed by atoms with Crippen LogP contribution in [0.4, 0.5) is 0 Å². The van der Waals surface area contributed by atoms with Crippen molar-refractivity contribution < 1.29 is 14.4 Å². The molecule has 3 amide bonds. The summed E-state index contributed by atoms with van der Waals surface area (Å²) in [5.41, 5.74) is 2.86. The molecule has 1 saturated heterocycles. The van der Waals surface area contributed by atoms with E-state index in [0.29, 0.717) is 23.6 Å². The molecular weight excluding hydrogens is 390 g/mol. The van der Waals surface area contributed by atoms with Crippen molar-refractivity contribution in [2.24, 2.45) is 5.92 Å². The molecule has 1 aromatic carbocycles. The standard InChI is InChI=1S/C15H14N2O3.C4H9N.3C2H6/c1-8-4-3-5-10-13(8)9(2)17(15(10)20)11-6-7-12(18)16-14(11)19;1-4(2)3-5;3*1-2/h3-5,11H,2,6-7H2,1H3,(H,16,18,19);3-5H,1-2H3;3*1-2H3. The number of benzene rings is 1. The number of imide groups is 1.